The van der Waals surface area contributed by atoms with Crippen LogP contribution in [-0.4, -0.2) is 66.4 Å². The number of hydrogen-bond acceptors (Lipinski definition) is 5. The van der Waals surface area contributed by atoms with Crippen LogP contribution in [0.5, 0.6) is 0 Å². The van der Waals surface area contributed by atoms with Gasteiger partial charge >= 0.3 is 0 Å². The molecule has 3 heterocycles. The third-order valence-corrected chi connectivity index (χ3v) is 4.35. The Morgan fingerprint density at radius 3 is 2.80 bits per heavy atom. The van der Waals surface area contributed by atoms with Crippen molar-refractivity contribution in [2.24, 2.45) is 0 Å². The molecular formula is C15H24N4O. The smallest absolute Gasteiger partial charge is 0.0898 e. The number of nitrogens with zero attached hydrogens (tertiary/aromatic N) is 3. The normalized spacial score (nSPS) is 28.6. The Labute approximate surface area is 120 Å². The Kier molecular flexibility index (Phi) is 4.19. The van der Waals surface area contributed by atoms with E-state index >= 15 is 0 Å². The van der Waals surface area contributed by atoms with E-state index in [-0.39, 0.29) is 0 Å². The Hall–Kier alpha value is -1.17. The second-order valence-corrected chi connectivity index (χ2v) is 5.98. The maximum atomic E-state index is 10.6. The summed E-state index contributed by atoms with van der Waals surface area (Å²) >= 11 is 0. The summed E-state index contributed by atoms with van der Waals surface area (Å²) in [5.74, 6) is 0. The highest BCUT2D eigenvalue weighted by Gasteiger charge is 2.32. The average molecular weight is 276 g/mol. The van der Waals surface area contributed by atoms with Crippen molar-refractivity contribution in [2.45, 2.75) is 18.4 Å². The zero-order valence-electron chi connectivity index (χ0n) is 12.0. The van der Waals surface area contributed by atoms with Gasteiger partial charge in [-0.3, -0.25) is 9.88 Å². The van der Waals surface area contributed by atoms with Gasteiger partial charge in [-0.05, 0) is 31.5 Å². The number of rotatable bonds is 3. The number of piperazine rings is 1. The third kappa shape index (κ3) is 3.29. The highest BCUT2D eigenvalue weighted by molar-refractivity contribution is 5.44. The molecule has 2 N–H and O–H groups in total. The first-order chi connectivity index (χ1) is 9.75. The molecule has 0 radical (unpaired) electrons. The molecule has 0 spiro atoms. The molecule has 110 valence electrons. The minimum atomic E-state index is -0.533. The van der Waals surface area contributed by atoms with Crippen LogP contribution in [0.2, 0.25) is 0 Å². The predicted molar refractivity (Wildman–Crippen MR) is 79.9 cm³/mol. The first-order valence-electron chi connectivity index (χ1n) is 7.56. The molecule has 5 heteroatoms. The quantitative estimate of drug-likeness (QED) is 0.832. The van der Waals surface area contributed by atoms with Gasteiger partial charge in [-0.15, -0.1) is 0 Å². The number of anilines is 1. The highest BCUT2D eigenvalue weighted by Crippen LogP contribution is 2.20. The van der Waals surface area contributed by atoms with E-state index in [0.29, 0.717) is 0 Å². The van der Waals surface area contributed by atoms with Crippen LogP contribution in [0.25, 0.3) is 0 Å². The molecule has 1 unspecified atom stereocenters. The molecular weight excluding hydrogens is 252 g/mol. The Bertz CT molecular complexity index is 411. The van der Waals surface area contributed by atoms with Crippen molar-refractivity contribution in [2.75, 3.05) is 50.7 Å². The lowest BCUT2D eigenvalue weighted by Gasteiger charge is -2.41. The molecule has 1 aromatic heterocycles. The molecule has 0 bridgehead atoms. The van der Waals surface area contributed by atoms with Crippen LogP contribution in [-0.2, 0) is 0 Å². The number of piperidine rings is 1. The Morgan fingerprint density at radius 2 is 2.15 bits per heavy atom. The van der Waals surface area contributed by atoms with Gasteiger partial charge in [0.1, 0.15) is 0 Å². The second kappa shape index (κ2) is 6.08. The van der Waals surface area contributed by atoms with E-state index in [1.54, 1.807) is 0 Å². The van der Waals surface area contributed by atoms with Crippen LogP contribution < -0.4 is 10.2 Å². The number of aliphatic hydroxyl groups is 1. The maximum Gasteiger partial charge on any atom is 0.0898 e. The van der Waals surface area contributed by atoms with Gasteiger partial charge in [-0.2, -0.15) is 0 Å². The lowest BCUT2D eigenvalue weighted by molar-refractivity contribution is -0.0164. The standard InChI is InChI=1S/C15H24N4O/c20-15(4-2-6-17-12-15)13-18-7-9-19(10-8-18)14-3-1-5-16-11-14/h1,3,5,11,17,20H,2,4,6-10,12-13H2. The van der Waals surface area contributed by atoms with Crippen molar-refractivity contribution in [1.82, 2.24) is 15.2 Å². The fraction of sp³-hybridized carbons (Fsp3) is 0.667. The van der Waals surface area contributed by atoms with Crippen molar-refractivity contribution >= 4 is 5.69 Å². The SMILES string of the molecule is OC1(CN2CCN(c3cccnc3)CC2)CCCNC1. The molecule has 0 aliphatic carbocycles. The van der Waals surface area contributed by atoms with Gasteiger partial charge in [0.2, 0.25) is 0 Å². The summed E-state index contributed by atoms with van der Waals surface area (Å²) in [7, 11) is 0. The minimum absolute atomic E-state index is 0.533. The van der Waals surface area contributed by atoms with Crippen LogP contribution in [0.1, 0.15) is 12.8 Å². The molecule has 2 aliphatic rings. The molecule has 1 aromatic rings. The molecule has 3 rings (SSSR count). The maximum absolute atomic E-state index is 10.6. The van der Waals surface area contributed by atoms with Crippen LogP contribution in [0.4, 0.5) is 5.69 Å². The van der Waals surface area contributed by atoms with Crippen molar-refractivity contribution in [3.8, 4) is 0 Å². The van der Waals surface area contributed by atoms with Gasteiger partial charge in [0.15, 0.2) is 0 Å². The van der Waals surface area contributed by atoms with Crippen LogP contribution in [0.15, 0.2) is 24.5 Å². The summed E-state index contributed by atoms with van der Waals surface area (Å²) in [6.07, 6.45) is 5.73. The highest BCUT2D eigenvalue weighted by atomic mass is 16.3. The largest absolute Gasteiger partial charge is 0.387 e. The van der Waals surface area contributed by atoms with Crippen molar-refractivity contribution < 1.29 is 5.11 Å². The minimum Gasteiger partial charge on any atom is -0.387 e. The van der Waals surface area contributed by atoms with Gasteiger partial charge in [0.05, 0.1) is 17.5 Å². The van der Waals surface area contributed by atoms with Gasteiger partial charge in [-0.25, -0.2) is 0 Å². The monoisotopic (exact) mass is 276 g/mol. The van der Waals surface area contributed by atoms with Crippen LogP contribution in [0.3, 0.4) is 0 Å². The summed E-state index contributed by atoms with van der Waals surface area (Å²) in [5.41, 5.74) is 0.666. The lowest BCUT2D eigenvalue weighted by Crippen LogP contribution is -2.56. The van der Waals surface area contributed by atoms with E-state index < -0.39 is 5.60 Å². The number of aromatic nitrogens is 1. The van der Waals surface area contributed by atoms with E-state index in [2.05, 4.69) is 26.2 Å². The molecule has 1 atom stereocenters. The number of pyridine rings is 1. The van der Waals surface area contributed by atoms with Gasteiger partial charge in [-0.1, -0.05) is 0 Å². The summed E-state index contributed by atoms with van der Waals surface area (Å²) in [5, 5.41) is 13.9. The fourth-order valence-corrected chi connectivity index (χ4v) is 3.21. The summed E-state index contributed by atoms with van der Waals surface area (Å²) in [6, 6.07) is 4.10. The number of nitrogens with one attached hydrogen (secondary N) is 1. The Morgan fingerprint density at radius 1 is 1.30 bits per heavy atom. The first kappa shape index (κ1) is 13.8. The van der Waals surface area contributed by atoms with Crippen molar-refractivity contribution in [3.63, 3.8) is 0 Å². The zero-order chi connectivity index (χ0) is 13.8. The average Bonchev–Trinajstić information content (AvgIpc) is 2.49. The molecule has 5 nitrogen and oxygen atoms in total. The summed E-state index contributed by atoms with van der Waals surface area (Å²) in [6.45, 7) is 6.60. The third-order valence-electron chi connectivity index (χ3n) is 4.35. The van der Waals surface area contributed by atoms with E-state index in [1.165, 1.54) is 5.69 Å². The molecule has 20 heavy (non-hydrogen) atoms. The molecule has 0 saturated carbocycles. The van der Waals surface area contributed by atoms with E-state index in [4.69, 9.17) is 0 Å². The van der Waals surface area contributed by atoms with Crippen molar-refractivity contribution in [3.05, 3.63) is 24.5 Å². The second-order valence-electron chi connectivity index (χ2n) is 5.98. The first-order valence-corrected chi connectivity index (χ1v) is 7.56. The Balaban J connectivity index is 1.51. The zero-order valence-corrected chi connectivity index (χ0v) is 12.0. The number of hydrogen-bond donors (Lipinski definition) is 2. The summed E-state index contributed by atoms with van der Waals surface area (Å²) in [4.78, 5) is 8.94. The summed E-state index contributed by atoms with van der Waals surface area (Å²) < 4.78 is 0. The predicted octanol–water partition coefficient (Wildman–Crippen LogP) is 0.318. The van der Waals surface area contributed by atoms with Crippen LogP contribution >= 0.6 is 0 Å². The van der Waals surface area contributed by atoms with Gasteiger partial charge in [0.25, 0.3) is 0 Å². The molecule has 2 fully saturated rings. The van der Waals surface area contributed by atoms with Gasteiger partial charge in [0, 0.05) is 45.5 Å². The topological polar surface area (TPSA) is 51.6 Å². The lowest BCUT2D eigenvalue weighted by atomic mass is 9.93. The molecule has 0 amide bonds. The van der Waals surface area contributed by atoms with Crippen LogP contribution in [0, 0.1) is 0 Å². The molecule has 2 saturated heterocycles. The fourth-order valence-electron chi connectivity index (χ4n) is 3.21. The molecule has 0 aromatic carbocycles. The van der Waals surface area contributed by atoms with Gasteiger partial charge < -0.3 is 15.3 Å². The van der Waals surface area contributed by atoms with E-state index in [9.17, 15) is 5.11 Å². The van der Waals surface area contributed by atoms with E-state index in [1.807, 2.05) is 18.5 Å². The number of β-amino-alcohol motifs (C(OH)–C–C–N with tert-alkyl or cyclic N) is 1. The molecule has 2 aliphatic heterocycles. The van der Waals surface area contributed by atoms with Crippen molar-refractivity contribution in [1.29, 1.82) is 0 Å². The van der Waals surface area contributed by atoms with E-state index in [0.717, 1.165) is 58.7 Å².